The Morgan fingerprint density at radius 2 is 1.71 bits per heavy atom. The molecule has 0 saturated carbocycles. The number of carbonyl (C=O) groups is 1. The summed E-state index contributed by atoms with van der Waals surface area (Å²) in [6, 6.07) is 12.0. The highest BCUT2D eigenvalue weighted by Gasteiger charge is 2.33. The summed E-state index contributed by atoms with van der Waals surface area (Å²) in [5, 5.41) is 15.5. The maximum Gasteiger partial charge on any atom is 0.272 e. The second-order valence-electron chi connectivity index (χ2n) is 7.26. The molecule has 2 aromatic carbocycles. The van der Waals surface area contributed by atoms with E-state index >= 15 is 0 Å². The Bertz CT molecular complexity index is 1280. The van der Waals surface area contributed by atoms with Gasteiger partial charge in [-0.25, -0.2) is 13.8 Å². The molecule has 0 spiro atoms. The van der Waals surface area contributed by atoms with E-state index in [1.807, 2.05) is 6.92 Å². The number of benzene rings is 2. The first-order valence-corrected chi connectivity index (χ1v) is 9.60. The molecular formula is C22H16F2N6O. The number of rotatable bonds is 3. The SMILES string of the molecule is Cc1nn(-c2nncc(-c3ccc(F)cc3)n2)c2c1[C@@H](c1ccc(F)cc1)CC(=O)N2. The van der Waals surface area contributed by atoms with Gasteiger partial charge in [-0.05, 0) is 48.9 Å². The van der Waals surface area contributed by atoms with Gasteiger partial charge in [-0.1, -0.05) is 12.1 Å². The minimum atomic E-state index is -0.350. The number of anilines is 1. The minimum Gasteiger partial charge on any atom is -0.310 e. The molecule has 5 rings (SSSR count). The van der Waals surface area contributed by atoms with Gasteiger partial charge in [0.15, 0.2) is 0 Å². The van der Waals surface area contributed by atoms with Crippen LogP contribution in [0.5, 0.6) is 0 Å². The van der Waals surface area contributed by atoms with Crippen molar-refractivity contribution >= 4 is 11.7 Å². The third-order valence-electron chi connectivity index (χ3n) is 5.25. The average Bonchev–Trinajstić information content (AvgIpc) is 3.10. The van der Waals surface area contributed by atoms with E-state index in [4.69, 9.17) is 0 Å². The Morgan fingerprint density at radius 1 is 1.03 bits per heavy atom. The van der Waals surface area contributed by atoms with Crippen LogP contribution in [0.2, 0.25) is 0 Å². The molecule has 1 atom stereocenters. The van der Waals surface area contributed by atoms with Crippen molar-refractivity contribution in [2.45, 2.75) is 19.3 Å². The number of aryl methyl sites for hydroxylation is 1. The molecule has 1 aliphatic rings. The summed E-state index contributed by atoms with van der Waals surface area (Å²) in [6.45, 7) is 1.83. The number of aromatic nitrogens is 5. The highest BCUT2D eigenvalue weighted by Crippen LogP contribution is 2.39. The van der Waals surface area contributed by atoms with E-state index in [9.17, 15) is 13.6 Å². The smallest absolute Gasteiger partial charge is 0.272 e. The minimum absolute atomic E-state index is 0.172. The van der Waals surface area contributed by atoms with Gasteiger partial charge in [0.1, 0.15) is 17.5 Å². The predicted octanol–water partition coefficient (Wildman–Crippen LogP) is 3.79. The zero-order valence-corrected chi connectivity index (χ0v) is 16.4. The maximum atomic E-state index is 13.4. The molecule has 154 valence electrons. The fourth-order valence-electron chi connectivity index (χ4n) is 3.82. The summed E-state index contributed by atoms with van der Waals surface area (Å²) in [6.07, 6.45) is 1.69. The molecule has 0 saturated heterocycles. The topological polar surface area (TPSA) is 85.6 Å². The van der Waals surface area contributed by atoms with Gasteiger partial charge in [-0.2, -0.15) is 14.9 Å². The van der Waals surface area contributed by atoms with Gasteiger partial charge >= 0.3 is 0 Å². The summed E-state index contributed by atoms with van der Waals surface area (Å²) in [5.41, 5.74) is 3.49. The van der Waals surface area contributed by atoms with Gasteiger partial charge in [0.25, 0.3) is 5.95 Å². The highest BCUT2D eigenvalue weighted by molar-refractivity contribution is 5.95. The summed E-state index contributed by atoms with van der Waals surface area (Å²) < 4.78 is 28.1. The molecule has 9 heteroatoms. The maximum absolute atomic E-state index is 13.4. The molecule has 0 fully saturated rings. The van der Waals surface area contributed by atoms with Crippen LogP contribution < -0.4 is 5.32 Å². The molecule has 31 heavy (non-hydrogen) atoms. The van der Waals surface area contributed by atoms with Crippen LogP contribution in [0.15, 0.2) is 54.7 Å². The van der Waals surface area contributed by atoms with Crippen molar-refractivity contribution in [1.82, 2.24) is 25.0 Å². The number of hydrogen-bond donors (Lipinski definition) is 1. The quantitative estimate of drug-likeness (QED) is 0.547. The number of nitrogens with one attached hydrogen (secondary N) is 1. The van der Waals surface area contributed by atoms with Crippen molar-refractivity contribution in [2.75, 3.05) is 5.32 Å². The van der Waals surface area contributed by atoms with Gasteiger partial charge < -0.3 is 5.32 Å². The van der Waals surface area contributed by atoms with Crippen molar-refractivity contribution in [1.29, 1.82) is 0 Å². The standard InChI is InChI=1S/C22H16F2N6O/c1-12-20-17(13-2-6-15(23)7-3-13)10-19(31)27-21(20)30(29-12)22-26-18(11-25-28-22)14-4-8-16(24)9-5-14/h2-9,11,17H,10H2,1H3,(H,27,31)/t17-/m1/s1. The van der Waals surface area contributed by atoms with Gasteiger partial charge in [-0.15, -0.1) is 5.10 Å². The molecule has 0 radical (unpaired) electrons. The molecule has 1 aliphatic heterocycles. The molecule has 7 nitrogen and oxygen atoms in total. The fourth-order valence-corrected chi connectivity index (χ4v) is 3.82. The lowest BCUT2D eigenvalue weighted by atomic mass is 9.86. The van der Waals surface area contributed by atoms with Crippen LogP contribution in [0.4, 0.5) is 14.6 Å². The Kier molecular flexibility index (Phi) is 4.50. The Labute approximate surface area is 175 Å². The number of amides is 1. The van der Waals surface area contributed by atoms with Crippen LogP contribution in [0.3, 0.4) is 0 Å². The predicted molar refractivity (Wildman–Crippen MR) is 109 cm³/mol. The van der Waals surface area contributed by atoms with E-state index in [-0.39, 0.29) is 35.8 Å². The average molecular weight is 418 g/mol. The molecular weight excluding hydrogens is 402 g/mol. The van der Waals surface area contributed by atoms with Crippen molar-refractivity contribution in [3.8, 4) is 17.2 Å². The zero-order valence-electron chi connectivity index (χ0n) is 16.4. The van der Waals surface area contributed by atoms with E-state index < -0.39 is 0 Å². The summed E-state index contributed by atoms with van der Waals surface area (Å²) in [5.74, 6) is -0.518. The highest BCUT2D eigenvalue weighted by atomic mass is 19.1. The molecule has 0 bridgehead atoms. The largest absolute Gasteiger partial charge is 0.310 e. The van der Waals surface area contributed by atoms with Crippen molar-refractivity contribution < 1.29 is 13.6 Å². The van der Waals surface area contributed by atoms with Gasteiger partial charge in [0.2, 0.25) is 5.91 Å². The number of halogens is 2. The first-order chi connectivity index (χ1) is 15.0. The summed E-state index contributed by atoms with van der Waals surface area (Å²) >= 11 is 0. The molecule has 3 heterocycles. The molecule has 4 aromatic rings. The monoisotopic (exact) mass is 418 g/mol. The number of hydrogen-bond acceptors (Lipinski definition) is 5. The third-order valence-corrected chi connectivity index (χ3v) is 5.25. The van der Waals surface area contributed by atoms with Crippen molar-refractivity contribution in [3.05, 3.63) is 83.2 Å². The van der Waals surface area contributed by atoms with E-state index in [0.717, 1.165) is 11.1 Å². The lowest BCUT2D eigenvalue weighted by Gasteiger charge is -2.24. The van der Waals surface area contributed by atoms with E-state index in [1.54, 1.807) is 24.3 Å². The van der Waals surface area contributed by atoms with Crippen LogP contribution >= 0.6 is 0 Å². The fraction of sp³-hybridized carbons (Fsp3) is 0.136. The Hall–Kier alpha value is -4.01. The number of carbonyl (C=O) groups excluding carboxylic acids is 1. The van der Waals surface area contributed by atoms with Gasteiger partial charge in [0, 0.05) is 23.5 Å². The lowest BCUT2D eigenvalue weighted by molar-refractivity contribution is -0.116. The van der Waals surface area contributed by atoms with E-state index in [2.05, 4.69) is 25.6 Å². The van der Waals surface area contributed by atoms with Gasteiger partial charge in [-0.3, -0.25) is 4.79 Å². The normalized spacial score (nSPS) is 15.5. The molecule has 1 N–H and O–H groups in total. The second-order valence-corrected chi connectivity index (χ2v) is 7.26. The van der Waals surface area contributed by atoms with Crippen LogP contribution in [0, 0.1) is 18.6 Å². The lowest BCUT2D eigenvalue weighted by Crippen LogP contribution is -2.25. The zero-order chi connectivity index (χ0) is 21.5. The van der Waals surface area contributed by atoms with Crippen LogP contribution in [-0.2, 0) is 4.79 Å². The summed E-state index contributed by atoms with van der Waals surface area (Å²) in [7, 11) is 0. The third kappa shape index (κ3) is 3.43. The van der Waals surface area contributed by atoms with Crippen LogP contribution in [0.1, 0.15) is 29.2 Å². The van der Waals surface area contributed by atoms with Crippen LogP contribution in [-0.4, -0.2) is 30.9 Å². The first-order valence-electron chi connectivity index (χ1n) is 9.60. The molecule has 1 amide bonds. The van der Waals surface area contributed by atoms with E-state index in [0.29, 0.717) is 22.8 Å². The number of fused-ring (bicyclic) bond motifs is 1. The second kappa shape index (κ2) is 7.35. The van der Waals surface area contributed by atoms with Gasteiger partial charge in [0.05, 0.1) is 17.6 Å². The Balaban J connectivity index is 1.60. The van der Waals surface area contributed by atoms with E-state index in [1.165, 1.54) is 35.1 Å². The first kappa shape index (κ1) is 19.0. The molecule has 0 unspecified atom stereocenters. The number of nitrogens with zero attached hydrogens (tertiary/aromatic N) is 5. The molecule has 2 aromatic heterocycles. The van der Waals surface area contributed by atoms with Crippen LogP contribution in [0.25, 0.3) is 17.2 Å². The van der Waals surface area contributed by atoms with Crippen molar-refractivity contribution in [2.24, 2.45) is 0 Å². The molecule has 0 aliphatic carbocycles. The summed E-state index contributed by atoms with van der Waals surface area (Å²) in [4.78, 5) is 17.0. The Morgan fingerprint density at radius 3 is 2.42 bits per heavy atom. The van der Waals surface area contributed by atoms with Crippen molar-refractivity contribution in [3.63, 3.8) is 0 Å².